The summed E-state index contributed by atoms with van der Waals surface area (Å²) in [6, 6.07) is 6.57. The van der Waals surface area contributed by atoms with Gasteiger partial charge in [-0.2, -0.15) is 0 Å². The maximum absolute atomic E-state index is 8.93. The van der Waals surface area contributed by atoms with Gasteiger partial charge in [0.25, 0.3) is 0 Å². The van der Waals surface area contributed by atoms with Gasteiger partial charge in [0.2, 0.25) is 0 Å². The number of aliphatic hydroxyl groups excluding tert-OH is 1. The molecule has 0 saturated carbocycles. The van der Waals surface area contributed by atoms with E-state index in [0.717, 1.165) is 32.6 Å². The summed E-state index contributed by atoms with van der Waals surface area (Å²) in [6.45, 7) is 6.83. The van der Waals surface area contributed by atoms with Crippen LogP contribution in [0.25, 0.3) is 6.08 Å². The molecule has 0 aliphatic carbocycles. The Morgan fingerprint density at radius 2 is 2.10 bits per heavy atom. The fraction of sp³-hybridized carbons (Fsp3) is 0.556. The average molecular weight is 286 g/mol. The monoisotopic (exact) mass is 286 g/mol. The number of hydrogen-bond acceptors (Lipinski definition) is 3. The standard InChI is InChI=1S/C18H26N2O/c1-14-4-2-5-16-13-19-18(12-17(14)16)15-6-9-20(10-7-15)8-3-11-21/h2,4-5,12,15,19,21H,3,6-11,13H2,1H3. The quantitative estimate of drug-likeness (QED) is 0.893. The number of benzene rings is 1. The molecular weight excluding hydrogens is 260 g/mol. The van der Waals surface area contributed by atoms with Gasteiger partial charge >= 0.3 is 0 Å². The van der Waals surface area contributed by atoms with Crippen LogP contribution in [0.5, 0.6) is 0 Å². The number of piperidine rings is 1. The van der Waals surface area contributed by atoms with Crippen molar-refractivity contribution in [2.75, 3.05) is 26.2 Å². The van der Waals surface area contributed by atoms with Crippen molar-refractivity contribution < 1.29 is 5.11 Å². The van der Waals surface area contributed by atoms with Crippen LogP contribution >= 0.6 is 0 Å². The number of aryl methyl sites for hydroxylation is 1. The number of likely N-dealkylation sites (tertiary alicyclic amines) is 1. The van der Waals surface area contributed by atoms with Crippen LogP contribution in [0.3, 0.4) is 0 Å². The van der Waals surface area contributed by atoms with Crippen molar-refractivity contribution in [1.29, 1.82) is 0 Å². The first-order valence-electron chi connectivity index (χ1n) is 8.15. The van der Waals surface area contributed by atoms with Crippen LogP contribution in [-0.4, -0.2) is 36.2 Å². The molecule has 3 heteroatoms. The first-order valence-corrected chi connectivity index (χ1v) is 8.15. The van der Waals surface area contributed by atoms with E-state index in [9.17, 15) is 0 Å². The van der Waals surface area contributed by atoms with Gasteiger partial charge in [0.15, 0.2) is 0 Å². The second-order valence-corrected chi connectivity index (χ2v) is 6.29. The normalized spacial score (nSPS) is 19.8. The summed E-state index contributed by atoms with van der Waals surface area (Å²) in [7, 11) is 0. The van der Waals surface area contributed by atoms with Gasteiger partial charge in [-0.25, -0.2) is 0 Å². The van der Waals surface area contributed by atoms with Crippen molar-refractivity contribution in [3.63, 3.8) is 0 Å². The van der Waals surface area contributed by atoms with E-state index in [1.165, 1.54) is 35.2 Å². The SMILES string of the molecule is Cc1cccc2c1C=C(C1CCN(CCCO)CC1)NC2. The molecule has 0 aromatic heterocycles. The summed E-state index contributed by atoms with van der Waals surface area (Å²) >= 11 is 0. The summed E-state index contributed by atoms with van der Waals surface area (Å²) in [5.74, 6) is 0.670. The van der Waals surface area contributed by atoms with E-state index in [-0.39, 0.29) is 0 Å². The molecule has 0 atom stereocenters. The molecule has 1 fully saturated rings. The van der Waals surface area contributed by atoms with Crippen LogP contribution in [0.1, 0.15) is 36.0 Å². The third-order valence-corrected chi connectivity index (χ3v) is 4.86. The number of aliphatic hydroxyl groups is 1. The first-order chi connectivity index (χ1) is 10.3. The van der Waals surface area contributed by atoms with Crippen LogP contribution in [0.4, 0.5) is 0 Å². The molecule has 2 N–H and O–H groups in total. The number of hydrogen-bond donors (Lipinski definition) is 2. The first kappa shape index (κ1) is 14.6. The molecule has 1 aromatic rings. The van der Waals surface area contributed by atoms with Crippen LogP contribution in [-0.2, 0) is 6.54 Å². The molecule has 3 nitrogen and oxygen atoms in total. The van der Waals surface area contributed by atoms with E-state index in [1.807, 2.05) is 0 Å². The lowest BCUT2D eigenvalue weighted by Crippen LogP contribution is -2.37. The zero-order chi connectivity index (χ0) is 14.7. The van der Waals surface area contributed by atoms with Gasteiger partial charge < -0.3 is 15.3 Å². The number of rotatable bonds is 4. The lowest BCUT2D eigenvalue weighted by Gasteiger charge is -2.34. The Kier molecular flexibility index (Phi) is 4.61. The highest BCUT2D eigenvalue weighted by atomic mass is 16.3. The molecule has 0 radical (unpaired) electrons. The third kappa shape index (κ3) is 3.30. The predicted octanol–water partition coefficient (Wildman–Crippen LogP) is 2.53. The van der Waals surface area contributed by atoms with Gasteiger partial charge in [0.05, 0.1) is 0 Å². The second-order valence-electron chi connectivity index (χ2n) is 6.29. The highest BCUT2D eigenvalue weighted by molar-refractivity contribution is 5.62. The van der Waals surface area contributed by atoms with Gasteiger partial charge in [0.1, 0.15) is 0 Å². The van der Waals surface area contributed by atoms with Crippen LogP contribution in [0.2, 0.25) is 0 Å². The van der Waals surface area contributed by atoms with Gasteiger partial charge in [-0.1, -0.05) is 18.2 Å². The fourth-order valence-corrected chi connectivity index (χ4v) is 3.53. The maximum Gasteiger partial charge on any atom is 0.0443 e. The molecule has 0 bridgehead atoms. The van der Waals surface area contributed by atoms with Gasteiger partial charge in [0, 0.05) is 31.3 Å². The number of allylic oxidation sites excluding steroid dienone is 1. The number of fused-ring (bicyclic) bond motifs is 1. The number of nitrogens with one attached hydrogen (secondary N) is 1. The van der Waals surface area contributed by atoms with E-state index >= 15 is 0 Å². The van der Waals surface area contributed by atoms with Crippen molar-refractivity contribution in [2.45, 2.75) is 32.7 Å². The summed E-state index contributed by atoms with van der Waals surface area (Å²) < 4.78 is 0. The molecule has 21 heavy (non-hydrogen) atoms. The van der Waals surface area contributed by atoms with Crippen molar-refractivity contribution >= 4 is 6.08 Å². The molecule has 114 valence electrons. The molecule has 0 amide bonds. The lowest BCUT2D eigenvalue weighted by molar-refractivity contribution is 0.176. The predicted molar refractivity (Wildman–Crippen MR) is 86.9 cm³/mol. The average Bonchev–Trinajstić information content (AvgIpc) is 2.54. The smallest absolute Gasteiger partial charge is 0.0443 e. The molecule has 2 aliphatic heterocycles. The Morgan fingerprint density at radius 1 is 1.29 bits per heavy atom. The van der Waals surface area contributed by atoms with Crippen molar-refractivity contribution in [3.8, 4) is 0 Å². The Balaban J connectivity index is 1.65. The molecule has 1 aromatic carbocycles. The van der Waals surface area contributed by atoms with Crippen molar-refractivity contribution in [3.05, 3.63) is 40.6 Å². The van der Waals surface area contributed by atoms with Crippen LogP contribution in [0, 0.1) is 12.8 Å². The fourth-order valence-electron chi connectivity index (χ4n) is 3.53. The summed E-state index contributed by atoms with van der Waals surface area (Å²) in [4.78, 5) is 2.48. The van der Waals surface area contributed by atoms with Crippen molar-refractivity contribution in [2.24, 2.45) is 5.92 Å². The highest BCUT2D eigenvalue weighted by Crippen LogP contribution is 2.29. The molecule has 0 unspecified atom stereocenters. The zero-order valence-electron chi connectivity index (χ0n) is 12.9. The van der Waals surface area contributed by atoms with E-state index in [0.29, 0.717) is 12.5 Å². The minimum Gasteiger partial charge on any atom is -0.396 e. The Hall–Kier alpha value is -1.32. The van der Waals surface area contributed by atoms with E-state index in [4.69, 9.17) is 5.11 Å². The van der Waals surface area contributed by atoms with Gasteiger partial charge in [-0.05, 0) is 62.0 Å². The topological polar surface area (TPSA) is 35.5 Å². The Morgan fingerprint density at radius 3 is 2.86 bits per heavy atom. The molecule has 2 heterocycles. The molecular formula is C18H26N2O. The minimum absolute atomic E-state index is 0.308. The van der Waals surface area contributed by atoms with Crippen LogP contribution in [0.15, 0.2) is 23.9 Å². The van der Waals surface area contributed by atoms with E-state index < -0.39 is 0 Å². The van der Waals surface area contributed by atoms with Crippen molar-refractivity contribution in [1.82, 2.24) is 10.2 Å². The maximum atomic E-state index is 8.93. The molecule has 1 saturated heterocycles. The summed E-state index contributed by atoms with van der Waals surface area (Å²) in [5.41, 5.74) is 5.65. The van der Waals surface area contributed by atoms with E-state index in [2.05, 4.69) is 41.4 Å². The van der Waals surface area contributed by atoms with Crippen LogP contribution < -0.4 is 5.32 Å². The number of nitrogens with zero attached hydrogens (tertiary/aromatic N) is 1. The molecule has 3 rings (SSSR count). The Labute approximate surface area is 127 Å². The zero-order valence-corrected chi connectivity index (χ0v) is 12.9. The third-order valence-electron chi connectivity index (χ3n) is 4.86. The van der Waals surface area contributed by atoms with E-state index in [1.54, 1.807) is 0 Å². The summed E-state index contributed by atoms with van der Waals surface area (Å²) in [6.07, 6.45) is 5.73. The highest BCUT2D eigenvalue weighted by Gasteiger charge is 2.24. The minimum atomic E-state index is 0.308. The second kappa shape index (κ2) is 6.63. The van der Waals surface area contributed by atoms with Gasteiger partial charge in [-0.15, -0.1) is 0 Å². The largest absolute Gasteiger partial charge is 0.396 e. The molecule has 2 aliphatic rings. The molecule has 0 spiro atoms. The summed E-state index contributed by atoms with van der Waals surface area (Å²) in [5, 5.41) is 12.6. The Bertz CT molecular complexity index is 516. The lowest BCUT2D eigenvalue weighted by atomic mass is 9.88. The van der Waals surface area contributed by atoms with Gasteiger partial charge in [-0.3, -0.25) is 0 Å².